The Morgan fingerprint density at radius 1 is 1.50 bits per heavy atom. The summed E-state index contributed by atoms with van der Waals surface area (Å²) in [5, 5.41) is 18.1. The van der Waals surface area contributed by atoms with E-state index in [-0.39, 0.29) is 0 Å². The van der Waals surface area contributed by atoms with E-state index in [1.54, 1.807) is 0 Å². The van der Waals surface area contributed by atoms with Crippen LogP contribution in [0.2, 0.25) is 0 Å². The monoisotopic (exact) mass is 244 g/mol. The Morgan fingerprint density at radius 3 is 3.00 bits per heavy atom. The highest BCUT2D eigenvalue weighted by molar-refractivity contribution is 5.37. The number of aliphatic hydroxyl groups excluding tert-OH is 1. The zero-order valence-corrected chi connectivity index (χ0v) is 10.9. The Labute approximate surface area is 109 Å². The van der Waals surface area contributed by atoms with Crippen LogP contribution in [0.3, 0.4) is 0 Å². The molecule has 1 N–H and O–H groups in total. The SMILES string of the molecule is Cc1cc(C#N)ccc1CN1CCCC(CO)C1. The van der Waals surface area contributed by atoms with Crippen molar-refractivity contribution in [1.29, 1.82) is 5.26 Å². The molecule has 1 aliphatic rings. The van der Waals surface area contributed by atoms with Crippen LogP contribution in [-0.4, -0.2) is 29.7 Å². The van der Waals surface area contributed by atoms with Crippen LogP contribution in [-0.2, 0) is 6.54 Å². The predicted octanol–water partition coefficient (Wildman–Crippen LogP) is 2.07. The van der Waals surface area contributed by atoms with E-state index < -0.39 is 0 Å². The third-order valence-electron chi connectivity index (χ3n) is 3.73. The Bertz CT molecular complexity index is 450. The maximum atomic E-state index is 9.24. The number of benzene rings is 1. The Kier molecular flexibility index (Phi) is 4.35. The molecule has 1 unspecified atom stereocenters. The zero-order chi connectivity index (χ0) is 13.0. The molecule has 1 heterocycles. The summed E-state index contributed by atoms with van der Waals surface area (Å²) in [6, 6.07) is 8.05. The van der Waals surface area contributed by atoms with Crippen molar-refractivity contribution in [2.45, 2.75) is 26.3 Å². The topological polar surface area (TPSA) is 47.3 Å². The van der Waals surface area contributed by atoms with Crippen LogP contribution in [0, 0.1) is 24.2 Å². The number of hydrogen-bond acceptors (Lipinski definition) is 3. The number of nitrogens with zero attached hydrogens (tertiary/aromatic N) is 2. The molecule has 0 spiro atoms. The zero-order valence-electron chi connectivity index (χ0n) is 10.9. The van der Waals surface area contributed by atoms with E-state index >= 15 is 0 Å². The molecule has 18 heavy (non-hydrogen) atoms. The fourth-order valence-electron chi connectivity index (χ4n) is 2.63. The molecule has 1 aromatic carbocycles. The summed E-state index contributed by atoms with van der Waals surface area (Å²) in [6.07, 6.45) is 2.31. The lowest BCUT2D eigenvalue weighted by Crippen LogP contribution is -2.36. The fourth-order valence-corrected chi connectivity index (χ4v) is 2.63. The Hall–Kier alpha value is -1.37. The van der Waals surface area contributed by atoms with E-state index in [0.717, 1.165) is 31.6 Å². The molecule has 2 rings (SSSR count). The molecule has 1 atom stereocenters. The third-order valence-corrected chi connectivity index (χ3v) is 3.73. The number of piperidine rings is 1. The average Bonchev–Trinajstić information content (AvgIpc) is 2.41. The normalized spacial score (nSPS) is 20.6. The highest BCUT2D eigenvalue weighted by Crippen LogP contribution is 2.20. The maximum Gasteiger partial charge on any atom is 0.0991 e. The number of aryl methyl sites for hydroxylation is 1. The second kappa shape index (κ2) is 5.99. The standard InChI is InChI=1S/C15H20N2O/c1-12-7-13(8-16)4-5-15(12)10-17-6-2-3-14(9-17)11-18/h4-5,7,14,18H,2-3,6,9-11H2,1H3. The largest absolute Gasteiger partial charge is 0.396 e. The number of likely N-dealkylation sites (tertiary alicyclic amines) is 1. The quantitative estimate of drug-likeness (QED) is 0.885. The van der Waals surface area contributed by atoms with E-state index in [2.05, 4.69) is 24.0 Å². The Balaban J connectivity index is 2.03. The minimum atomic E-state index is 0.294. The van der Waals surface area contributed by atoms with Gasteiger partial charge in [-0.15, -0.1) is 0 Å². The van der Waals surface area contributed by atoms with E-state index in [9.17, 15) is 5.11 Å². The lowest BCUT2D eigenvalue weighted by molar-refractivity contribution is 0.116. The lowest BCUT2D eigenvalue weighted by Gasteiger charge is -2.32. The van der Waals surface area contributed by atoms with E-state index in [4.69, 9.17) is 5.26 Å². The second-order valence-electron chi connectivity index (χ2n) is 5.18. The van der Waals surface area contributed by atoms with Crippen LogP contribution >= 0.6 is 0 Å². The number of aliphatic hydroxyl groups is 1. The van der Waals surface area contributed by atoms with Gasteiger partial charge in [0.1, 0.15) is 0 Å². The first-order valence-electron chi connectivity index (χ1n) is 6.55. The minimum absolute atomic E-state index is 0.294. The van der Waals surface area contributed by atoms with Gasteiger partial charge in [0.05, 0.1) is 11.6 Å². The van der Waals surface area contributed by atoms with Crippen molar-refractivity contribution >= 4 is 0 Å². The van der Waals surface area contributed by atoms with Crippen LogP contribution in [0.1, 0.15) is 29.5 Å². The highest BCUT2D eigenvalue weighted by Gasteiger charge is 2.19. The van der Waals surface area contributed by atoms with Crippen molar-refractivity contribution in [1.82, 2.24) is 4.90 Å². The van der Waals surface area contributed by atoms with Crippen LogP contribution in [0.4, 0.5) is 0 Å². The molecular formula is C15H20N2O. The molecule has 1 saturated heterocycles. The number of hydrogen-bond donors (Lipinski definition) is 1. The first-order chi connectivity index (χ1) is 8.72. The number of nitriles is 1. The van der Waals surface area contributed by atoms with Crippen molar-refractivity contribution in [3.63, 3.8) is 0 Å². The van der Waals surface area contributed by atoms with Gasteiger partial charge in [-0.05, 0) is 55.5 Å². The third kappa shape index (κ3) is 3.10. The van der Waals surface area contributed by atoms with Gasteiger partial charge in [0.25, 0.3) is 0 Å². The summed E-state index contributed by atoms with van der Waals surface area (Å²) in [6.45, 7) is 5.37. The van der Waals surface area contributed by atoms with Crippen molar-refractivity contribution in [3.05, 3.63) is 34.9 Å². The molecule has 0 amide bonds. The molecule has 96 valence electrons. The molecule has 0 radical (unpaired) electrons. The maximum absolute atomic E-state index is 9.24. The van der Waals surface area contributed by atoms with Gasteiger partial charge in [-0.2, -0.15) is 5.26 Å². The van der Waals surface area contributed by atoms with Crippen molar-refractivity contribution in [2.75, 3.05) is 19.7 Å². The van der Waals surface area contributed by atoms with E-state index in [1.807, 2.05) is 12.1 Å². The van der Waals surface area contributed by atoms with Gasteiger partial charge in [0.2, 0.25) is 0 Å². The highest BCUT2D eigenvalue weighted by atomic mass is 16.3. The van der Waals surface area contributed by atoms with Crippen LogP contribution in [0.15, 0.2) is 18.2 Å². The molecule has 0 saturated carbocycles. The molecule has 3 nitrogen and oxygen atoms in total. The van der Waals surface area contributed by atoms with Gasteiger partial charge >= 0.3 is 0 Å². The molecule has 3 heteroatoms. The van der Waals surface area contributed by atoms with Crippen LogP contribution < -0.4 is 0 Å². The Morgan fingerprint density at radius 2 is 2.33 bits per heavy atom. The summed E-state index contributed by atoms with van der Waals surface area (Å²) in [5.41, 5.74) is 3.19. The second-order valence-corrected chi connectivity index (χ2v) is 5.18. The molecule has 1 aliphatic heterocycles. The van der Waals surface area contributed by atoms with Gasteiger partial charge < -0.3 is 5.11 Å². The molecule has 0 bridgehead atoms. The summed E-state index contributed by atoms with van der Waals surface area (Å²) in [7, 11) is 0. The van der Waals surface area contributed by atoms with Gasteiger partial charge in [-0.25, -0.2) is 0 Å². The van der Waals surface area contributed by atoms with Gasteiger partial charge in [0, 0.05) is 19.7 Å². The fraction of sp³-hybridized carbons (Fsp3) is 0.533. The van der Waals surface area contributed by atoms with E-state index in [0.29, 0.717) is 12.5 Å². The summed E-state index contributed by atoms with van der Waals surface area (Å²) in [5.74, 6) is 0.428. The van der Waals surface area contributed by atoms with E-state index in [1.165, 1.54) is 17.5 Å². The van der Waals surface area contributed by atoms with Crippen LogP contribution in [0.25, 0.3) is 0 Å². The molecule has 0 aromatic heterocycles. The predicted molar refractivity (Wildman–Crippen MR) is 71.0 cm³/mol. The first kappa shape index (κ1) is 13.1. The summed E-state index contributed by atoms with van der Waals surface area (Å²) >= 11 is 0. The molecule has 0 aliphatic carbocycles. The summed E-state index contributed by atoms with van der Waals surface area (Å²) in [4.78, 5) is 2.40. The smallest absolute Gasteiger partial charge is 0.0991 e. The van der Waals surface area contributed by atoms with Crippen LogP contribution in [0.5, 0.6) is 0 Å². The van der Waals surface area contributed by atoms with Gasteiger partial charge in [0.15, 0.2) is 0 Å². The number of rotatable bonds is 3. The summed E-state index contributed by atoms with van der Waals surface area (Å²) < 4.78 is 0. The first-order valence-corrected chi connectivity index (χ1v) is 6.55. The van der Waals surface area contributed by atoms with Crippen molar-refractivity contribution < 1.29 is 5.11 Å². The molecule has 1 aromatic rings. The minimum Gasteiger partial charge on any atom is -0.396 e. The molecular weight excluding hydrogens is 224 g/mol. The van der Waals surface area contributed by atoms with Crippen molar-refractivity contribution in [3.8, 4) is 6.07 Å². The van der Waals surface area contributed by atoms with Gasteiger partial charge in [-0.3, -0.25) is 4.90 Å². The lowest BCUT2D eigenvalue weighted by atomic mass is 9.97. The van der Waals surface area contributed by atoms with Gasteiger partial charge in [-0.1, -0.05) is 6.07 Å². The van der Waals surface area contributed by atoms with Crippen molar-refractivity contribution in [2.24, 2.45) is 5.92 Å². The molecule has 1 fully saturated rings. The average molecular weight is 244 g/mol.